The number of carbonyl (C=O) groups excluding carboxylic acids is 2. The minimum absolute atomic E-state index is 0.247. The third-order valence-electron chi connectivity index (χ3n) is 2.16. The molecule has 0 aliphatic carbocycles. The van der Waals surface area contributed by atoms with Crippen molar-refractivity contribution in [2.75, 3.05) is 7.05 Å². The molecule has 4 nitrogen and oxygen atoms in total. The summed E-state index contributed by atoms with van der Waals surface area (Å²) in [6.07, 6.45) is 0. The van der Waals surface area contributed by atoms with E-state index in [-0.39, 0.29) is 11.8 Å². The zero-order chi connectivity index (χ0) is 13.0. The molecule has 0 radical (unpaired) electrons. The average molecular weight is 320 g/mol. The molecule has 17 heavy (non-hydrogen) atoms. The second-order valence-electron chi connectivity index (χ2n) is 3.43. The minimum Gasteiger partial charge on any atom is -0.357 e. The SMILES string of the molecule is CNC(=O)[C@@H](C)NC(=O)c1ccc(Cl)cc1Br. The molecular weight excluding hydrogens is 307 g/mol. The maximum absolute atomic E-state index is 11.8. The predicted octanol–water partition coefficient (Wildman–Crippen LogP) is 1.97. The second-order valence-corrected chi connectivity index (χ2v) is 4.72. The average Bonchev–Trinajstić information content (AvgIpc) is 2.27. The lowest BCUT2D eigenvalue weighted by molar-refractivity contribution is -0.122. The van der Waals surface area contributed by atoms with Crippen molar-refractivity contribution >= 4 is 39.3 Å². The fraction of sp³-hybridized carbons (Fsp3) is 0.273. The van der Waals surface area contributed by atoms with E-state index < -0.39 is 6.04 Å². The number of halogens is 2. The molecule has 0 aliphatic heterocycles. The molecule has 1 atom stereocenters. The Morgan fingerprint density at radius 3 is 2.59 bits per heavy atom. The zero-order valence-corrected chi connectivity index (χ0v) is 11.7. The van der Waals surface area contributed by atoms with Crippen molar-refractivity contribution in [2.45, 2.75) is 13.0 Å². The van der Waals surface area contributed by atoms with Crippen LogP contribution in [0.1, 0.15) is 17.3 Å². The van der Waals surface area contributed by atoms with Gasteiger partial charge in [-0.05, 0) is 41.1 Å². The van der Waals surface area contributed by atoms with E-state index in [4.69, 9.17) is 11.6 Å². The summed E-state index contributed by atoms with van der Waals surface area (Å²) in [5, 5.41) is 5.58. The summed E-state index contributed by atoms with van der Waals surface area (Å²) in [6.45, 7) is 1.61. The summed E-state index contributed by atoms with van der Waals surface area (Å²) in [5.41, 5.74) is 0.435. The van der Waals surface area contributed by atoms with Gasteiger partial charge >= 0.3 is 0 Å². The van der Waals surface area contributed by atoms with E-state index in [1.54, 1.807) is 25.1 Å². The molecule has 1 aromatic rings. The van der Waals surface area contributed by atoms with Gasteiger partial charge in [0.1, 0.15) is 6.04 Å². The van der Waals surface area contributed by atoms with Gasteiger partial charge in [-0.3, -0.25) is 9.59 Å². The van der Waals surface area contributed by atoms with E-state index in [9.17, 15) is 9.59 Å². The number of hydrogen-bond donors (Lipinski definition) is 2. The van der Waals surface area contributed by atoms with E-state index in [1.165, 1.54) is 7.05 Å². The second kappa shape index (κ2) is 6.02. The summed E-state index contributed by atoms with van der Waals surface area (Å²) in [6, 6.07) is 4.25. The Kier molecular flexibility index (Phi) is 4.96. The van der Waals surface area contributed by atoms with Gasteiger partial charge in [-0.25, -0.2) is 0 Å². The van der Waals surface area contributed by atoms with Crippen LogP contribution in [0.5, 0.6) is 0 Å². The third kappa shape index (κ3) is 3.71. The number of hydrogen-bond acceptors (Lipinski definition) is 2. The highest BCUT2D eigenvalue weighted by atomic mass is 79.9. The van der Waals surface area contributed by atoms with Gasteiger partial charge in [0.2, 0.25) is 5.91 Å². The normalized spacial score (nSPS) is 11.8. The molecule has 0 saturated heterocycles. The number of amides is 2. The Hall–Kier alpha value is -1.07. The summed E-state index contributed by atoms with van der Waals surface area (Å²) < 4.78 is 0.589. The van der Waals surface area contributed by atoms with Crippen LogP contribution < -0.4 is 10.6 Å². The van der Waals surface area contributed by atoms with E-state index in [2.05, 4.69) is 26.6 Å². The van der Waals surface area contributed by atoms with Crippen molar-refractivity contribution in [1.29, 1.82) is 0 Å². The molecule has 2 amide bonds. The number of likely N-dealkylation sites (N-methyl/N-ethyl adjacent to an activating group) is 1. The van der Waals surface area contributed by atoms with Gasteiger partial charge in [0.25, 0.3) is 5.91 Å². The zero-order valence-electron chi connectivity index (χ0n) is 9.38. The molecule has 0 aliphatic rings. The van der Waals surface area contributed by atoms with Crippen LogP contribution in [-0.2, 0) is 4.79 Å². The van der Waals surface area contributed by atoms with Gasteiger partial charge < -0.3 is 10.6 Å². The summed E-state index contributed by atoms with van der Waals surface area (Å²) in [4.78, 5) is 23.1. The van der Waals surface area contributed by atoms with Crippen LogP contribution in [0.4, 0.5) is 0 Å². The fourth-order valence-electron chi connectivity index (χ4n) is 1.23. The molecule has 1 rings (SSSR count). The highest BCUT2D eigenvalue weighted by molar-refractivity contribution is 9.10. The van der Waals surface area contributed by atoms with Crippen molar-refractivity contribution in [2.24, 2.45) is 0 Å². The molecule has 0 fully saturated rings. The fourth-order valence-corrected chi connectivity index (χ4v) is 2.09. The largest absolute Gasteiger partial charge is 0.357 e. The number of benzene rings is 1. The standard InChI is InChI=1S/C11H12BrClN2O2/c1-6(10(16)14-2)15-11(17)8-4-3-7(13)5-9(8)12/h3-6H,1-2H3,(H,14,16)(H,15,17)/t6-/m1/s1. The summed E-state index contributed by atoms with van der Waals surface area (Å²) >= 11 is 9.02. The van der Waals surface area contributed by atoms with E-state index in [1.807, 2.05) is 0 Å². The van der Waals surface area contributed by atoms with E-state index in [0.717, 1.165) is 0 Å². The molecular formula is C11H12BrClN2O2. The Morgan fingerprint density at radius 2 is 2.06 bits per heavy atom. The Bertz CT molecular complexity index is 451. The molecule has 0 saturated carbocycles. The Balaban J connectivity index is 2.80. The molecule has 0 heterocycles. The highest BCUT2D eigenvalue weighted by Gasteiger charge is 2.16. The van der Waals surface area contributed by atoms with Crippen LogP contribution in [0, 0.1) is 0 Å². The summed E-state index contributed by atoms with van der Waals surface area (Å²) in [5.74, 6) is -0.576. The highest BCUT2D eigenvalue weighted by Crippen LogP contribution is 2.21. The van der Waals surface area contributed by atoms with Crippen LogP contribution in [0.2, 0.25) is 5.02 Å². The summed E-state index contributed by atoms with van der Waals surface area (Å²) in [7, 11) is 1.52. The van der Waals surface area contributed by atoms with Gasteiger partial charge in [-0.15, -0.1) is 0 Å². The topological polar surface area (TPSA) is 58.2 Å². The molecule has 0 unspecified atom stereocenters. The smallest absolute Gasteiger partial charge is 0.253 e. The lowest BCUT2D eigenvalue weighted by Crippen LogP contribution is -2.43. The van der Waals surface area contributed by atoms with Gasteiger partial charge in [0, 0.05) is 16.5 Å². The van der Waals surface area contributed by atoms with Crippen molar-refractivity contribution in [3.8, 4) is 0 Å². The first-order valence-electron chi connectivity index (χ1n) is 4.93. The Morgan fingerprint density at radius 1 is 1.41 bits per heavy atom. The van der Waals surface area contributed by atoms with Gasteiger partial charge in [0.15, 0.2) is 0 Å². The number of rotatable bonds is 3. The lowest BCUT2D eigenvalue weighted by Gasteiger charge is -2.13. The monoisotopic (exact) mass is 318 g/mol. The van der Waals surface area contributed by atoms with Gasteiger partial charge in [-0.1, -0.05) is 11.6 Å². The quantitative estimate of drug-likeness (QED) is 0.895. The lowest BCUT2D eigenvalue weighted by atomic mass is 10.2. The predicted molar refractivity (Wildman–Crippen MR) is 70.1 cm³/mol. The molecule has 6 heteroatoms. The van der Waals surface area contributed by atoms with Crippen molar-refractivity contribution in [1.82, 2.24) is 10.6 Å². The molecule has 2 N–H and O–H groups in total. The van der Waals surface area contributed by atoms with E-state index in [0.29, 0.717) is 15.1 Å². The molecule has 0 spiro atoms. The van der Waals surface area contributed by atoms with Crippen molar-refractivity contribution in [3.63, 3.8) is 0 Å². The van der Waals surface area contributed by atoms with Crippen LogP contribution in [0.3, 0.4) is 0 Å². The maximum Gasteiger partial charge on any atom is 0.253 e. The molecule has 1 aromatic carbocycles. The number of nitrogens with one attached hydrogen (secondary N) is 2. The minimum atomic E-state index is -0.588. The third-order valence-corrected chi connectivity index (χ3v) is 3.05. The Labute approximate surface area is 113 Å². The van der Waals surface area contributed by atoms with Crippen LogP contribution in [0.15, 0.2) is 22.7 Å². The first kappa shape index (κ1) is 14.0. The number of carbonyl (C=O) groups is 2. The molecule has 92 valence electrons. The van der Waals surface area contributed by atoms with E-state index >= 15 is 0 Å². The van der Waals surface area contributed by atoms with Gasteiger partial charge in [-0.2, -0.15) is 0 Å². The maximum atomic E-state index is 11.8. The first-order valence-corrected chi connectivity index (χ1v) is 6.10. The molecule has 0 aromatic heterocycles. The molecule has 0 bridgehead atoms. The van der Waals surface area contributed by atoms with Crippen LogP contribution in [-0.4, -0.2) is 24.9 Å². The first-order chi connectivity index (χ1) is 7.95. The van der Waals surface area contributed by atoms with Gasteiger partial charge in [0.05, 0.1) is 5.56 Å². The van der Waals surface area contributed by atoms with Crippen LogP contribution in [0.25, 0.3) is 0 Å². The van der Waals surface area contributed by atoms with Crippen molar-refractivity contribution in [3.05, 3.63) is 33.3 Å². The van der Waals surface area contributed by atoms with Crippen molar-refractivity contribution < 1.29 is 9.59 Å². The van der Waals surface area contributed by atoms with Crippen LogP contribution >= 0.6 is 27.5 Å².